The highest BCUT2D eigenvalue weighted by Crippen LogP contribution is 2.10. The van der Waals surface area contributed by atoms with Crippen LogP contribution in [-0.2, 0) is 20.5 Å². The fraction of sp³-hybridized carbons (Fsp3) is 0.562. The van der Waals surface area contributed by atoms with Crippen molar-refractivity contribution in [2.24, 2.45) is 0 Å². The van der Waals surface area contributed by atoms with Crippen LogP contribution in [0.1, 0.15) is 40.2 Å². The van der Waals surface area contributed by atoms with Gasteiger partial charge in [0, 0.05) is 6.54 Å². The van der Waals surface area contributed by atoms with Gasteiger partial charge in [-0.15, -0.1) is 0 Å². The number of sulfonamides is 1. The molecule has 0 atom stereocenters. The first kappa shape index (κ1) is 19.4. The third kappa shape index (κ3) is 8.56. The Morgan fingerprint density at radius 1 is 1.09 bits per heavy atom. The molecule has 130 valence electrons. The standard InChI is InChI=1S/C16H26N2O4S/c1-15(2,3)22-14(19)18-16(4,5)12-17-23(20,21)11-13-9-7-6-8-10-13/h6-10,17H,11-12H2,1-5H3,(H,18,19). The average Bonchev–Trinajstić information content (AvgIpc) is 2.34. The lowest BCUT2D eigenvalue weighted by Gasteiger charge is -2.28. The first-order valence-electron chi connectivity index (χ1n) is 7.41. The van der Waals surface area contributed by atoms with Crippen molar-refractivity contribution in [1.82, 2.24) is 10.0 Å². The van der Waals surface area contributed by atoms with Gasteiger partial charge in [0.1, 0.15) is 5.60 Å². The van der Waals surface area contributed by atoms with Crippen molar-refractivity contribution in [1.29, 1.82) is 0 Å². The summed E-state index contributed by atoms with van der Waals surface area (Å²) in [6, 6.07) is 8.92. The van der Waals surface area contributed by atoms with Crippen LogP contribution < -0.4 is 10.0 Å². The summed E-state index contributed by atoms with van der Waals surface area (Å²) in [4.78, 5) is 11.8. The van der Waals surface area contributed by atoms with Crippen molar-refractivity contribution in [2.45, 2.75) is 51.5 Å². The van der Waals surface area contributed by atoms with Crippen LogP contribution in [0.3, 0.4) is 0 Å². The van der Waals surface area contributed by atoms with E-state index in [2.05, 4.69) is 10.0 Å². The molecule has 6 nitrogen and oxygen atoms in total. The summed E-state index contributed by atoms with van der Waals surface area (Å²) in [6.45, 7) is 8.82. The van der Waals surface area contributed by atoms with Gasteiger partial charge >= 0.3 is 6.09 Å². The van der Waals surface area contributed by atoms with Gasteiger partial charge in [-0.05, 0) is 40.2 Å². The largest absolute Gasteiger partial charge is 0.444 e. The molecule has 0 bridgehead atoms. The van der Waals surface area contributed by atoms with E-state index in [1.165, 1.54) is 0 Å². The molecule has 1 aromatic carbocycles. The van der Waals surface area contributed by atoms with E-state index in [0.29, 0.717) is 5.56 Å². The second-order valence-electron chi connectivity index (χ2n) is 7.08. The van der Waals surface area contributed by atoms with Crippen molar-refractivity contribution >= 4 is 16.1 Å². The number of amides is 1. The molecule has 0 aromatic heterocycles. The predicted octanol–water partition coefficient (Wildman–Crippen LogP) is 2.41. The summed E-state index contributed by atoms with van der Waals surface area (Å²) >= 11 is 0. The van der Waals surface area contributed by atoms with Crippen molar-refractivity contribution in [2.75, 3.05) is 6.54 Å². The van der Waals surface area contributed by atoms with E-state index >= 15 is 0 Å². The zero-order valence-electron chi connectivity index (χ0n) is 14.3. The molecule has 1 aromatic rings. The molecule has 0 spiro atoms. The topological polar surface area (TPSA) is 84.5 Å². The van der Waals surface area contributed by atoms with Crippen molar-refractivity contribution < 1.29 is 17.9 Å². The van der Waals surface area contributed by atoms with E-state index < -0.39 is 27.3 Å². The fourth-order valence-electron chi connectivity index (χ4n) is 1.76. The van der Waals surface area contributed by atoms with E-state index in [1.807, 2.05) is 6.07 Å². The normalized spacial score (nSPS) is 12.7. The fourth-order valence-corrected chi connectivity index (χ4v) is 3.07. The van der Waals surface area contributed by atoms with Crippen molar-refractivity contribution in [3.63, 3.8) is 0 Å². The van der Waals surface area contributed by atoms with Crippen molar-refractivity contribution in [3.05, 3.63) is 35.9 Å². The van der Waals surface area contributed by atoms with Crippen LogP contribution in [-0.4, -0.2) is 32.2 Å². The van der Waals surface area contributed by atoms with Crippen LogP contribution in [0.2, 0.25) is 0 Å². The number of rotatable bonds is 6. The van der Waals surface area contributed by atoms with E-state index in [0.717, 1.165) is 0 Å². The van der Waals surface area contributed by atoms with Crippen LogP contribution >= 0.6 is 0 Å². The van der Waals surface area contributed by atoms with Gasteiger partial charge < -0.3 is 10.1 Å². The Kier molecular flexibility index (Phi) is 6.18. The molecule has 0 saturated heterocycles. The van der Waals surface area contributed by atoms with E-state index in [4.69, 9.17) is 4.74 Å². The predicted molar refractivity (Wildman–Crippen MR) is 90.5 cm³/mol. The first-order chi connectivity index (χ1) is 10.4. The maximum absolute atomic E-state index is 12.1. The Bertz CT molecular complexity index is 619. The molecule has 0 aliphatic carbocycles. The minimum Gasteiger partial charge on any atom is -0.444 e. The van der Waals surface area contributed by atoms with Gasteiger partial charge in [0.15, 0.2) is 0 Å². The Morgan fingerprint density at radius 2 is 1.65 bits per heavy atom. The summed E-state index contributed by atoms with van der Waals surface area (Å²) in [5.41, 5.74) is -0.670. The van der Waals surface area contributed by atoms with Crippen LogP contribution in [0.4, 0.5) is 4.79 Å². The first-order valence-corrected chi connectivity index (χ1v) is 9.06. The second kappa shape index (κ2) is 7.31. The molecule has 0 aliphatic heterocycles. The zero-order chi connectivity index (χ0) is 17.7. The van der Waals surface area contributed by atoms with E-state index in [9.17, 15) is 13.2 Å². The lowest BCUT2D eigenvalue weighted by atomic mass is 10.1. The third-order valence-electron chi connectivity index (χ3n) is 2.77. The highest BCUT2D eigenvalue weighted by atomic mass is 32.2. The SMILES string of the molecule is CC(C)(CNS(=O)(=O)Cc1ccccc1)NC(=O)OC(C)(C)C. The van der Waals surface area contributed by atoms with Crippen molar-refractivity contribution in [3.8, 4) is 0 Å². The number of hydrogen-bond donors (Lipinski definition) is 2. The lowest BCUT2D eigenvalue weighted by molar-refractivity contribution is 0.0474. The van der Waals surface area contributed by atoms with Gasteiger partial charge in [-0.25, -0.2) is 17.9 Å². The minimum absolute atomic E-state index is 0.0708. The quantitative estimate of drug-likeness (QED) is 0.831. The molecule has 0 aliphatic rings. The average molecular weight is 342 g/mol. The van der Waals surface area contributed by atoms with Gasteiger partial charge in [-0.3, -0.25) is 0 Å². The lowest BCUT2D eigenvalue weighted by Crippen LogP contribution is -2.52. The monoisotopic (exact) mass is 342 g/mol. The molecule has 1 rings (SSSR count). The van der Waals surface area contributed by atoms with Gasteiger partial charge in [-0.2, -0.15) is 0 Å². The molecule has 0 saturated carbocycles. The zero-order valence-corrected chi connectivity index (χ0v) is 15.2. The second-order valence-corrected chi connectivity index (χ2v) is 8.88. The minimum atomic E-state index is -3.48. The number of ether oxygens (including phenoxy) is 1. The Labute approximate surface area is 138 Å². The number of benzene rings is 1. The van der Waals surface area contributed by atoms with E-state index in [1.54, 1.807) is 58.9 Å². The van der Waals surface area contributed by atoms with Gasteiger partial charge in [0.2, 0.25) is 10.0 Å². The molecule has 2 N–H and O–H groups in total. The number of carbonyl (C=O) groups excluding carboxylic acids is 1. The molecule has 1 amide bonds. The highest BCUT2D eigenvalue weighted by Gasteiger charge is 2.26. The van der Waals surface area contributed by atoms with Crippen LogP contribution in [0.15, 0.2) is 30.3 Å². The molecular weight excluding hydrogens is 316 g/mol. The number of carbonyl (C=O) groups is 1. The molecule has 23 heavy (non-hydrogen) atoms. The molecule has 0 unspecified atom stereocenters. The molecule has 0 fully saturated rings. The molecule has 0 heterocycles. The van der Waals surface area contributed by atoms with E-state index in [-0.39, 0.29) is 12.3 Å². The van der Waals surface area contributed by atoms with Gasteiger partial charge in [0.25, 0.3) is 0 Å². The number of nitrogens with one attached hydrogen (secondary N) is 2. The summed E-state index contributed by atoms with van der Waals surface area (Å²) in [6.07, 6.45) is -0.579. The summed E-state index contributed by atoms with van der Waals surface area (Å²) < 4.78 is 31.9. The summed E-state index contributed by atoms with van der Waals surface area (Å²) in [5.74, 6) is -0.101. The van der Waals surface area contributed by atoms with Crippen LogP contribution in [0, 0.1) is 0 Å². The van der Waals surface area contributed by atoms with Crippen LogP contribution in [0.25, 0.3) is 0 Å². The Morgan fingerprint density at radius 3 is 2.17 bits per heavy atom. The maximum Gasteiger partial charge on any atom is 0.408 e. The van der Waals surface area contributed by atoms with Gasteiger partial charge in [0.05, 0.1) is 11.3 Å². The number of alkyl carbamates (subject to hydrolysis) is 1. The molecule has 0 radical (unpaired) electrons. The smallest absolute Gasteiger partial charge is 0.408 e. The molecular formula is C16H26N2O4S. The maximum atomic E-state index is 12.1. The highest BCUT2D eigenvalue weighted by molar-refractivity contribution is 7.88. The van der Waals surface area contributed by atoms with Gasteiger partial charge in [-0.1, -0.05) is 30.3 Å². The summed E-state index contributed by atoms with van der Waals surface area (Å²) in [7, 11) is -3.48. The Balaban J connectivity index is 2.56. The van der Waals surface area contributed by atoms with Crippen LogP contribution in [0.5, 0.6) is 0 Å². The number of hydrogen-bond acceptors (Lipinski definition) is 4. The Hall–Kier alpha value is -1.60. The molecule has 7 heteroatoms. The summed E-state index contributed by atoms with van der Waals surface area (Å²) in [5, 5.41) is 2.66. The third-order valence-corrected chi connectivity index (χ3v) is 4.07.